The van der Waals surface area contributed by atoms with Crippen molar-refractivity contribution >= 4 is 72.4 Å². The van der Waals surface area contributed by atoms with Gasteiger partial charge in [0.15, 0.2) is 4.34 Å². The first-order chi connectivity index (χ1) is 15.0. The van der Waals surface area contributed by atoms with Crippen LogP contribution in [0, 0.1) is 6.92 Å². The molecule has 2 N–H and O–H groups in total. The Bertz CT molecular complexity index is 1240. The zero-order valence-corrected chi connectivity index (χ0v) is 19.7. The Morgan fingerprint density at radius 1 is 0.968 bits per heavy atom. The third-order valence-electron chi connectivity index (χ3n) is 4.40. The summed E-state index contributed by atoms with van der Waals surface area (Å²) in [4.78, 5) is 29.2. The van der Waals surface area contributed by atoms with Crippen molar-refractivity contribution in [2.45, 2.75) is 11.3 Å². The molecule has 2 amide bonds. The molecule has 0 aliphatic carbocycles. The molecule has 8 heteroatoms. The molecule has 0 fully saturated rings. The van der Waals surface area contributed by atoms with Crippen molar-refractivity contribution in [2.75, 3.05) is 16.4 Å². The number of halogens is 1. The van der Waals surface area contributed by atoms with Crippen LogP contribution in [0.25, 0.3) is 10.2 Å². The van der Waals surface area contributed by atoms with Gasteiger partial charge in [-0.05, 0) is 61.5 Å². The zero-order chi connectivity index (χ0) is 21.8. The van der Waals surface area contributed by atoms with Crippen LogP contribution in [0.1, 0.15) is 15.9 Å². The minimum Gasteiger partial charge on any atom is -0.325 e. The Labute approximate surface area is 196 Å². The van der Waals surface area contributed by atoms with E-state index in [-0.39, 0.29) is 17.6 Å². The second-order valence-electron chi connectivity index (χ2n) is 6.83. The van der Waals surface area contributed by atoms with Gasteiger partial charge in [-0.1, -0.05) is 45.4 Å². The molecule has 0 aliphatic rings. The van der Waals surface area contributed by atoms with Crippen LogP contribution in [0.2, 0.25) is 0 Å². The molecular weight excluding hydrogens is 494 g/mol. The first kappa shape index (κ1) is 21.5. The molecular formula is C23H18BrN3O2S2. The lowest BCUT2D eigenvalue weighted by Crippen LogP contribution is -2.13. The van der Waals surface area contributed by atoms with Gasteiger partial charge in [0.05, 0.1) is 16.0 Å². The lowest BCUT2D eigenvalue weighted by molar-refractivity contribution is -0.113. The largest absolute Gasteiger partial charge is 0.325 e. The van der Waals surface area contributed by atoms with E-state index >= 15 is 0 Å². The Hall–Kier alpha value is -2.68. The number of aromatic nitrogens is 1. The Balaban J connectivity index is 1.38. The molecule has 4 rings (SSSR count). The number of benzene rings is 3. The van der Waals surface area contributed by atoms with E-state index in [4.69, 9.17) is 0 Å². The van der Waals surface area contributed by atoms with Crippen molar-refractivity contribution in [3.05, 3.63) is 82.3 Å². The maximum absolute atomic E-state index is 12.4. The normalized spacial score (nSPS) is 10.8. The van der Waals surface area contributed by atoms with E-state index in [1.807, 2.05) is 73.7 Å². The standard InChI is InChI=1S/C23H18BrN3O2S2/c1-14-2-4-15(5-3-14)22(29)26-18-10-11-19-20(12-18)31-23(27-19)30-13-21(28)25-17-8-6-16(24)7-9-17/h2-12H,13H2,1H3,(H,25,28)(H,26,29). The third-order valence-corrected chi connectivity index (χ3v) is 7.08. The monoisotopic (exact) mass is 511 g/mol. The van der Waals surface area contributed by atoms with Crippen molar-refractivity contribution in [1.82, 2.24) is 4.98 Å². The van der Waals surface area contributed by atoms with Crippen molar-refractivity contribution in [2.24, 2.45) is 0 Å². The summed E-state index contributed by atoms with van der Waals surface area (Å²) in [5.41, 5.74) is 4.04. The summed E-state index contributed by atoms with van der Waals surface area (Å²) < 4.78 is 2.73. The third kappa shape index (κ3) is 5.72. The minimum absolute atomic E-state index is 0.0855. The smallest absolute Gasteiger partial charge is 0.255 e. The van der Waals surface area contributed by atoms with Gasteiger partial charge < -0.3 is 10.6 Å². The van der Waals surface area contributed by atoms with Crippen LogP contribution < -0.4 is 10.6 Å². The Morgan fingerprint density at radius 3 is 2.42 bits per heavy atom. The fraction of sp³-hybridized carbons (Fsp3) is 0.0870. The quantitative estimate of drug-likeness (QED) is 0.296. The number of nitrogens with one attached hydrogen (secondary N) is 2. The number of hydrogen-bond donors (Lipinski definition) is 2. The maximum Gasteiger partial charge on any atom is 0.255 e. The van der Waals surface area contributed by atoms with Gasteiger partial charge in [0.1, 0.15) is 0 Å². The predicted molar refractivity (Wildman–Crippen MR) is 132 cm³/mol. The molecule has 1 aromatic heterocycles. The van der Waals surface area contributed by atoms with Crippen LogP contribution in [0.4, 0.5) is 11.4 Å². The molecule has 0 saturated carbocycles. The summed E-state index contributed by atoms with van der Waals surface area (Å²) in [7, 11) is 0. The number of nitrogens with zero attached hydrogens (tertiary/aromatic N) is 1. The number of thiazole rings is 1. The van der Waals surface area contributed by atoms with E-state index in [1.54, 1.807) is 0 Å². The van der Waals surface area contributed by atoms with E-state index in [0.29, 0.717) is 11.3 Å². The van der Waals surface area contributed by atoms with Gasteiger partial charge in [-0.15, -0.1) is 11.3 Å². The average molecular weight is 512 g/mol. The number of carbonyl (C=O) groups is 2. The number of amides is 2. The minimum atomic E-state index is -0.150. The fourth-order valence-corrected chi connectivity index (χ4v) is 4.98. The van der Waals surface area contributed by atoms with Crippen molar-refractivity contribution in [3.8, 4) is 0 Å². The first-order valence-corrected chi connectivity index (χ1v) is 12.0. The van der Waals surface area contributed by atoms with E-state index in [0.717, 1.165) is 30.3 Å². The van der Waals surface area contributed by atoms with Crippen LogP contribution >= 0.6 is 39.0 Å². The van der Waals surface area contributed by atoms with Gasteiger partial charge in [0, 0.05) is 21.4 Å². The molecule has 5 nitrogen and oxygen atoms in total. The summed E-state index contributed by atoms with van der Waals surface area (Å²) in [5.74, 6) is 0.0353. The van der Waals surface area contributed by atoms with Crippen LogP contribution in [0.5, 0.6) is 0 Å². The highest BCUT2D eigenvalue weighted by Gasteiger charge is 2.11. The lowest BCUT2D eigenvalue weighted by Gasteiger charge is -2.05. The van der Waals surface area contributed by atoms with Gasteiger partial charge in [0.25, 0.3) is 5.91 Å². The number of carbonyl (C=O) groups excluding carboxylic acids is 2. The summed E-state index contributed by atoms with van der Waals surface area (Å²) >= 11 is 6.27. The summed E-state index contributed by atoms with van der Waals surface area (Å²) in [5, 5.41) is 5.80. The lowest BCUT2D eigenvalue weighted by atomic mass is 10.1. The number of anilines is 2. The van der Waals surface area contributed by atoms with Gasteiger partial charge in [-0.25, -0.2) is 4.98 Å². The maximum atomic E-state index is 12.4. The van der Waals surface area contributed by atoms with Crippen molar-refractivity contribution in [3.63, 3.8) is 0 Å². The van der Waals surface area contributed by atoms with Crippen LogP contribution in [-0.4, -0.2) is 22.6 Å². The number of hydrogen-bond acceptors (Lipinski definition) is 5. The molecule has 0 saturated heterocycles. The first-order valence-electron chi connectivity index (χ1n) is 9.43. The van der Waals surface area contributed by atoms with Crippen LogP contribution in [0.3, 0.4) is 0 Å². The van der Waals surface area contributed by atoms with Gasteiger partial charge in [-0.2, -0.15) is 0 Å². The molecule has 0 aliphatic heterocycles. The highest BCUT2D eigenvalue weighted by molar-refractivity contribution is 9.10. The fourth-order valence-electron chi connectivity index (χ4n) is 2.81. The van der Waals surface area contributed by atoms with Gasteiger partial charge in [-0.3, -0.25) is 9.59 Å². The molecule has 0 unspecified atom stereocenters. The molecule has 0 atom stereocenters. The number of aryl methyl sites for hydroxylation is 1. The molecule has 31 heavy (non-hydrogen) atoms. The Morgan fingerprint density at radius 2 is 1.68 bits per heavy atom. The van der Waals surface area contributed by atoms with Crippen LogP contribution in [0.15, 0.2) is 75.5 Å². The second-order valence-corrected chi connectivity index (χ2v) is 9.99. The van der Waals surface area contributed by atoms with Crippen molar-refractivity contribution in [1.29, 1.82) is 0 Å². The van der Waals surface area contributed by atoms with Crippen LogP contribution in [-0.2, 0) is 4.79 Å². The SMILES string of the molecule is Cc1ccc(C(=O)Nc2ccc3nc(SCC(=O)Nc4ccc(Br)cc4)sc3c2)cc1. The second kappa shape index (κ2) is 9.64. The predicted octanol–water partition coefficient (Wildman–Crippen LogP) is 6.35. The zero-order valence-electron chi connectivity index (χ0n) is 16.5. The van der Waals surface area contributed by atoms with E-state index in [2.05, 4.69) is 31.5 Å². The molecule has 0 spiro atoms. The van der Waals surface area contributed by atoms with E-state index in [9.17, 15) is 9.59 Å². The molecule has 156 valence electrons. The van der Waals surface area contributed by atoms with Gasteiger partial charge >= 0.3 is 0 Å². The highest BCUT2D eigenvalue weighted by Crippen LogP contribution is 2.31. The molecule has 0 radical (unpaired) electrons. The van der Waals surface area contributed by atoms with E-state index < -0.39 is 0 Å². The Kier molecular flexibility index (Phi) is 6.70. The van der Waals surface area contributed by atoms with Gasteiger partial charge in [0.2, 0.25) is 5.91 Å². The average Bonchev–Trinajstić information content (AvgIpc) is 3.16. The highest BCUT2D eigenvalue weighted by atomic mass is 79.9. The van der Waals surface area contributed by atoms with Crippen molar-refractivity contribution < 1.29 is 9.59 Å². The number of rotatable bonds is 6. The number of thioether (sulfide) groups is 1. The summed E-state index contributed by atoms with van der Waals surface area (Å²) in [6.45, 7) is 1.99. The molecule has 0 bridgehead atoms. The molecule has 4 aromatic rings. The topological polar surface area (TPSA) is 71.1 Å². The molecule has 1 heterocycles. The summed E-state index contributed by atoms with van der Waals surface area (Å²) in [6.07, 6.45) is 0. The van der Waals surface area contributed by atoms with E-state index in [1.165, 1.54) is 23.1 Å². The molecule has 3 aromatic carbocycles. The number of fused-ring (bicyclic) bond motifs is 1. The summed E-state index contributed by atoms with van der Waals surface area (Å²) in [6, 6.07) is 20.5.